The van der Waals surface area contributed by atoms with Gasteiger partial charge in [0.1, 0.15) is 6.04 Å². The summed E-state index contributed by atoms with van der Waals surface area (Å²) in [5, 5.41) is 12.2. The molecule has 30 heavy (non-hydrogen) atoms. The monoisotopic (exact) mass is 395 g/mol. The van der Waals surface area contributed by atoms with Crippen molar-refractivity contribution in [1.29, 1.82) is 5.26 Å². The van der Waals surface area contributed by atoms with Gasteiger partial charge in [0.15, 0.2) is 0 Å². The highest BCUT2D eigenvalue weighted by molar-refractivity contribution is 6.05. The average Bonchev–Trinajstić information content (AvgIpc) is 3.10. The van der Waals surface area contributed by atoms with Gasteiger partial charge in [-0.15, -0.1) is 0 Å². The lowest BCUT2D eigenvalue weighted by molar-refractivity contribution is -0.126. The number of hydrogen-bond donors (Lipinski definition) is 1. The molecule has 0 spiro atoms. The number of hydrogen-bond acceptors (Lipinski definition) is 3. The maximum Gasteiger partial charge on any atom is 0.255 e. The van der Waals surface area contributed by atoms with E-state index in [4.69, 9.17) is 0 Å². The summed E-state index contributed by atoms with van der Waals surface area (Å²) >= 11 is 0. The third kappa shape index (κ3) is 3.56. The van der Waals surface area contributed by atoms with Crippen LogP contribution in [0.3, 0.4) is 0 Å². The number of nitrogens with zero attached hydrogens (tertiary/aromatic N) is 2. The van der Waals surface area contributed by atoms with E-state index < -0.39 is 6.04 Å². The Morgan fingerprint density at radius 3 is 2.40 bits per heavy atom. The van der Waals surface area contributed by atoms with Crippen LogP contribution in [0.1, 0.15) is 51.6 Å². The summed E-state index contributed by atoms with van der Waals surface area (Å²) in [6.45, 7) is 2.30. The molecule has 1 aliphatic heterocycles. The quantitative estimate of drug-likeness (QED) is 0.706. The summed E-state index contributed by atoms with van der Waals surface area (Å²) in [6, 6.07) is 25.3. The van der Waals surface area contributed by atoms with Crippen molar-refractivity contribution in [1.82, 2.24) is 10.2 Å². The number of nitriles is 1. The molecule has 1 aliphatic rings. The van der Waals surface area contributed by atoms with Gasteiger partial charge in [-0.05, 0) is 35.7 Å². The van der Waals surface area contributed by atoms with Crippen molar-refractivity contribution in [3.63, 3.8) is 0 Å². The lowest BCUT2D eigenvalue weighted by Crippen LogP contribution is -2.40. The van der Waals surface area contributed by atoms with Gasteiger partial charge in [-0.3, -0.25) is 9.59 Å². The number of benzene rings is 3. The van der Waals surface area contributed by atoms with Crippen molar-refractivity contribution in [3.05, 3.63) is 107 Å². The minimum atomic E-state index is -0.751. The molecule has 3 aromatic rings. The molecule has 0 saturated carbocycles. The summed E-state index contributed by atoms with van der Waals surface area (Å²) < 4.78 is 0. The van der Waals surface area contributed by atoms with Gasteiger partial charge in [-0.2, -0.15) is 5.26 Å². The molecule has 148 valence electrons. The molecule has 2 amide bonds. The molecule has 4 rings (SSSR count). The van der Waals surface area contributed by atoms with Crippen LogP contribution in [0.5, 0.6) is 0 Å². The molecule has 0 aromatic heterocycles. The molecule has 3 aromatic carbocycles. The fourth-order valence-corrected chi connectivity index (χ4v) is 3.90. The summed E-state index contributed by atoms with van der Waals surface area (Å²) in [5.41, 5.74) is 3.38. The van der Waals surface area contributed by atoms with E-state index in [0.717, 1.165) is 11.1 Å². The third-order valence-corrected chi connectivity index (χ3v) is 5.48. The second-order valence-electron chi connectivity index (χ2n) is 7.32. The first-order valence-corrected chi connectivity index (χ1v) is 9.83. The van der Waals surface area contributed by atoms with E-state index in [0.29, 0.717) is 23.2 Å². The van der Waals surface area contributed by atoms with E-state index in [-0.39, 0.29) is 17.9 Å². The molecule has 1 heterocycles. The molecule has 1 N–H and O–H groups in total. The number of nitrogens with one attached hydrogen (secondary N) is 1. The van der Waals surface area contributed by atoms with Crippen LogP contribution in [0.25, 0.3) is 0 Å². The van der Waals surface area contributed by atoms with Crippen LogP contribution < -0.4 is 5.32 Å². The van der Waals surface area contributed by atoms with E-state index in [9.17, 15) is 14.9 Å². The van der Waals surface area contributed by atoms with Crippen LogP contribution in [-0.2, 0) is 11.3 Å². The van der Waals surface area contributed by atoms with Gasteiger partial charge in [0.2, 0.25) is 5.91 Å². The lowest BCUT2D eigenvalue weighted by Gasteiger charge is -2.31. The minimum Gasteiger partial charge on any atom is -0.350 e. The lowest BCUT2D eigenvalue weighted by atomic mass is 10.0. The SMILES string of the molecule is C[C@H](c1ccccc1)N1C(=O)c2cc(C#N)ccc2C1C(=O)NCc1ccccc1. The zero-order valence-corrected chi connectivity index (χ0v) is 16.6. The van der Waals surface area contributed by atoms with E-state index >= 15 is 0 Å². The van der Waals surface area contributed by atoms with Crippen LogP contribution in [0, 0.1) is 11.3 Å². The van der Waals surface area contributed by atoms with E-state index in [1.165, 1.54) is 0 Å². The highest BCUT2D eigenvalue weighted by Crippen LogP contribution is 2.40. The van der Waals surface area contributed by atoms with Crippen LogP contribution >= 0.6 is 0 Å². The molecular weight excluding hydrogens is 374 g/mol. The first-order valence-electron chi connectivity index (χ1n) is 9.83. The van der Waals surface area contributed by atoms with Gasteiger partial charge < -0.3 is 10.2 Å². The van der Waals surface area contributed by atoms with Crippen LogP contribution in [0.2, 0.25) is 0 Å². The van der Waals surface area contributed by atoms with Crippen molar-refractivity contribution in [3.8, 4) is 6.07 Å². The second kappa shape index (κ2) is 8.22. The number of carbonyl (C=O) groups excluding carboxylic acids is 2. The van der Waals surface area contributed by atoms with Crippen molar-refractivity contribution in [2.24, 2.45) is 0 Å². The van der Waals surface area contributed by atoms with E-state index in [1.54, 1.807) is 23.1 Å². The average molecular weight is 395 g/mol. The summed E-state index contributed by atoms with van der Waals surface area (Å²) in [5.74, 6) is -0.475. The summed E-state index contributed by atoms with van der Waals surface area (Å²) in [7, 11) is 0. The topological polar surface area (TPSA) is 73.2 Å². The maximum absolute atomic E-state index is 13.3. The maximum atomic E-state index is 13.3. The number of fused-ring (bicyclic) bond motifs is 1. The molecule has 5 heteroatoms. The highest BCUT2D eigenvalue weighted by Gasteiger charge is 2.43. The van der Waals surface area contributed by atoms with E-state index in [1.807, 2.05) is 67.6 Å². The molecule has 0 fully saturated rings. The Kier molecular flexibility index (Phi) is 5.32. The summed E-state index contributed by atoms with van der Waals surface area (Å²) in [6.07, 6.45) is 0. The fourth-order valence-electron chi connectivity index (χ4n) is 3.90. The zero-order valence-electron chi connectivity index (χ0n) is 16.6. The molecule has 1 unspecified atom stereocenters. The standard InChI is InChI=1S/C25H21N3O2/c1-17(20-10-6-3-7-11-20)28-23(24(29)27-16-18-8-4-2-5-9-18)21-13-12-19(15-26)14-22(21)25(28)30/h2-14,17,23H,16H2,1H3,(H,27,29)/t17-,23?/m1/s1. The molecule has 2 atom stereocenters. The van der Waals surface area contributed by atoms with Gasteiger partial charge in [-0.1, -0.05) is 66.7 Å². The molecule has 0 bridgehead atoms. The van der Waals surface area contributed by atoms with E-state index in [2.05, 4.69) is 11.4 Å². The van der Waals surface area contributed by atoms with Crippen molar-refractivity contribution in [2.45, 2.75) is 25.6 Å². The summed E-state index contributed by atoms with van der Waals surface area (Å²) in [4.78, 5) is 28.2. The largest absolute Gasteiger partial charge is 0.350 e. The Hall–Kier alpha value is -3.91. The fraction of sp³-hybridized carbons (Fsp3) is 0.160. The predicted octanol–water partition coefficient (Wildman–Crippen LogP) is 4.13. The number of rotatable bonds is 5. The number of carbonyl (C=O) groups is 2. The predicted molar refractivity (Wildman–Crippen MR) is 113 cm³/mol. The molecule has 0 radical (unpaired) electrons. The Morgan fingerprint density at radius 1 is 1.07 bits per heavy atom. The zero-order chi connectivity index (χ0) is 21.1. The second-order valence-corrected chi connectivity index (χ2v) is 7.32. The van der Waals surface area contributed by atoms with Gasteiger partial charge in [0.25, 0.3) is 5.91 Å². The van der Waals surface area contributed by atoms with Crippen molar-refractivity contribution >= 4 is 11.8 Å². The van der Waals surface area contributed by atoms with Crippen LogP contribution in [0.4, 0.5) is 0 Å². The van der Waals surface area contributed by atoms with Crippen LogP contribution in [-0.4, -0.2) is 16.7 Å². The Morgan fingerprint density at radius 2 is 1.73 bits per heavy atom. The molecule has 0 saturated heterocycles. The highest BCUT2D eigenvalue weighted by atomic mass is 16.2. The molecule has 5 nitrogen and oxygen atoms in total. The first kappa shape index (κ1) is 19.4. The first-order chi connectivity index (χ1) is 14.6. The Bertz CT molecular complexity index is 1120. The minimum absolute atomic E-state index is 0.238. The van der Waals surface area contributed by atoms with Crippen LogP contribution in [0.15, 0.2) is 78.9 Å². The molecular formula is C25H21N3O2. The molecule has 0 aliphatic carbocycles. The Balaban J connectivity index is 1.69. The number of amides is 2. The third-order valence-electron chi connectivity index (χ3n) is 5.48. The van der Waals surface area contributed by atoms with Gasteiger partial charge in [-0.25, -0.2) is 0 Å². The van der Waals surface area contributed by atoms with Crippen molar-refractivity contribution < 1.29 is 9.59 Å². The van der Waals surface area contributed by atoms with Gasteiger partial charge >= 0.3 is 0 Å². The van der Waals surface area contributed by atoms with Gasteiger partial charge in [0.05, 0.1) is 17.7 Å². The van der Waals surface area contributed by atoms with Gasteiger partial charge in [0, 0.05) is 12.1 Å². The Labute approximate surface area is 175 Å². The normalized spacial score (nSPS) is 15.9. The van der Waals surface area contributed by atoms with Crippen molar-refractivity contribution in [2.75, 3.05) is 0 Å². The smallest absolute Gasteiger partial charge is 0.255 e.